The van der Waals surface area contributed by atoms with Crippen LogP contribution < -0.4 is 9.62 Å². The highest BCUT2D eigenvalue weighted by molar-refractivity contribution is 7.92. The van der Waals surface area contributed by atoms with Crippen LogP contribution in [0.4, 0.5) is 5.69 Å². The van der Waals surface area contributed by atoms with Crippen molar-refractivity contribution < 1.29 is 18.0 Å². The van der Waals surface area contributed by atoms with Crippen LogP contribution in [0.3, 0.4) is 0 Å². The third-order valence-electron chi connectivity index (χ3n) is 5.26. The molecule has 0 heterocycles. The van der Waals surface area contributed by atoms with Gasteiger partial charge in [0.15, 0.2) is 0 Å². The Kier molecular flexibility index (Phi) is 10.1. The first kappa shape index (κ1) is 28.2. The Morgan fingerprint density at radius 3 is 2.26 bits per heavy atom. The van der Waals surface area contributed by atoms with Crippen LogP contribution in [0.1, 0.15) is 31.4 Å². The molecule has 0 aliphatic rings. The van der Waals surface area contributed by atoms with Crippen LogP contribution in [0.5, 0.6) is 0 Å². The Labute approximate surface area is 216 Å². The van der Waals surface area contributed by atoms with E-state index in [4.69, 9.17) is 34.8 Å². The van der Waals surface area contributed by atoms with Gasteiger partial charge in [0.2, 0.25) is 21.8 Å². The zero-order chi connectivity index (χ0) is 25.6. The molecule has 1 unspecified atom stereocenters. The fourth-order valence-corrected chi connectivity index (χ4v) is 4.79. The van der Waals surface area contributed by atoms with Gasteiger partial charge in [0.25, 0.3) is 0 Å². The molecule has 2 amide bonds. The quantitative estimate of drug-likeness (QED) is 0.437. The van der Waals surface area contributed by atoms with Crippen LogP contribution in [0.15, 0.2) is 36.4 Å². The maximum atomic E-state index is 13.5. The number of hydrogen-bond donors (Lipinski definition) is 1. The molecule has 0 saturated heterocycles. The van der Waals surface area contributed by atoms with Crippen molar-refractivity contribution in [2.45, 2.75) is 39.8 Å². The van der Waals surface area contributed by atoms with Crippen molar-refractivity contribution in [1.82, 2.24) is 10.2 Å². The number of hydrogen-bond acceptors (Lipinski definition) is 4. The van der Waals surface area contributed by atoms with Gasteiger partial charge < -0.3 is 10.2 Å². The predicted octanol–water partition coefficient (Wildman–Crippen LogP) is 4.66. The number of halogens is 3. The van der Waals surface area contributed by atoms with Gasteiger partial charge in [0.05, 0.1) is 27.0 Å². The smallest absolute Gasteiger partial charge is 0.244 e. The first-order chi connectivity index (χ1) is 15.9. The third kappa shape index (κ3) is 7.25. The number of carbonyl (C=O) groups is 2. The summed E-state index contributed by atoms with van der Waals surface area (Å²) in [7, 11) is -3.94. The van der Waals surface area contributed by atoms with Crippen molar-refractivity contribution in [2.24, 2.45) is 0 Å². The molecule has 0 spiro atoms. The number of carbonyl (C=O) groups excluding carboxylic acids is 2. The molecule has 7 nitrogen and oxygen atoms in total. The molecule has 0 fully saturated rings. The summed E-state index contributed by atoms with van der Waals surface area (Å²) in [6.45, 7) is 5.44. The average molecular weight is 549 g/mol. The zero-order valence-electron chi connectivity index (χ0n) is 19.4. The number of sulfonamides is 1. The molecule has 0 bridgehead atoms. The van der Waals surface area contributed by atoms with Gasteiger partial charge in [-0.15, -0.1) is 0 Å². The predicted molar refractivity (Wildman–Crippen MR) is 138 cm³/mol. The summed E-state index contributed by atoms with van der Waals surface area (Å²) in [5.74, 6) is -0.905. The first-order valence-corrected chi connectivity index (χ1v) is 13.6. The number of nitrogens with zero attached hydrogens (tertiary/aromatic N) is 2. The number of aryl methyl sites for hydroxylation is 1. The van der Waals surface area contributed by atoms with E-state index in [-0.39, 0.29) is 33.2 Å². The van der Waals surface area contributed by atoms with Crippen LogP contribution in [0.25, 0.3) is 0 Å². The standard InChI is InChI=1S/C23H28Cl3N3O4S/c1-5-10-27-23(31)16(3)28(13-17-9-7-6-8-15(17)2)22(30)14-29(34(4,32)33)21-12-19(25)18(24)11-20(21)26/h6-9,11-12,16H,5,10,13-14H2,1-4H3,(H,27,31). The van der Waals surface area contributed by atoms with E-state index in [1.807, 2.05) is 38.1 Å². The van der Waals surface area contributed by atoms with Crippen LogP contribution in [-0.4, -0.2) is 50.5 Å². The molecule has 11 heteroatoms. The van der Waals surface area contributed by atoms with E-state index in [1.54, 1.807) is 6.92 Å². The molecule has 0 aliphatic heterocycles. The molecule has 2 aromatic rings. The summed E-state index contributed by atoms with van der Waals surface area (Å²) in [6, 6.07) is 9.24. The molecular weight excluding hydrogens is 521 g/mol. The summed E-state index contributed by atoms with van der Waals surface area (Å²) in [5, 5.41) is 3.05. The number of benzene rings is 2. The van der Waals surface area contributed by atoms with Crippen LogP contribution in [0.2, 0.25) is 15.1 Å². The summed E-state index contributed by atoms with van der Waals surface area (Å²) in [6.07, 6.45) is 1.70. The van der Waals surface area contributed by atoms with Crippen LogP contribution in [0, 0.1) is 6.92 Å². The lowest BCUT2D eigenvalue weighted by Gasteiger charge is -2.32. The minimum Gasteiger partial charge on any atom is -0.354 e. The van der Waals surface area contributed by atoms with E-state index in [0.717, 1.165) is 28.1 Å². The van der Waals surface area contributed by atoms with E-state index >= 15 is 0 Å². The summed E-state index contributed by atoms with van der Waals surface area (Å²) >= 11 is 18.3. The summed E-state index contributed by atoms with van der Waals surface area (Å²) in [5.41, 5.74) is 1.80. The Morgan fingerprint density at radius 2 is 1.68 bits per heavy atom. The van der Waals surface area contributed by atoms with Gasteiger partial charge in [0.1, 0.15) is 12.6 Å². The second kappa shape index (κ2) is 12.1. The van der Waals surface area contributed by atoms with Gasteiger partial charge in [0, 0.05) is 13.1 Å². The normalized spacial score (nSPS) is 12.2. The van der Waals surface area contributed by atoms with Crippen molar-refractivity contribution in [3.8, 4) is 0 Å². The monoisotopic (exact) mass is 547 g/mol. The minimum atomic E-state index is -3.94. The van der Waals surface area contributed by atoms with E-state index in [9.17, 15) is 18.0 Å². The highest BCUT2D eigenvalue weighted by atomic mass is 35.5. The maximum absolute atomic E-state index is 13.5. The molecule has 0 saturated carbocycles. The van der Waals surface area contributed by atoms with Crippen LogP contribution in [-0.2, 0) is 26.2 Å². The number of anilines is 1. The molecule has 1 atom stereocenters. The largest absolute Gasteiger partial charge is 0.354 e. The van der Waals surface area contributed by atoms with E-state index in [0.29, 0.717) is 6.54 Å². The minimum absolute atomic E-state index is 0.0193. The summed E-state index contributed by atoms with van der Waals surface area (Å²) < 4.78 is 26.1. The van der Waals surface area contributed by atoms with Gasteiger partial charge in [-0.3, -0.25) is 13.9 Å². The molecule has 34 heavy (non-hydrogen) atoms. The third-order valence-corrected chi connectivity index (χ3v) is 7.41. The Bertz CT molecular complexity index is 1160. The van der Waals surface area contributed by atoms with Gasteiger partial charge in [-0.1, -0.05) is 66.0 Å². The second-order valence-corrected chi connectivity index (χ2v) is 11.0. The molecule has 0 aromatic heterocycles. The molecule has 0 radical (unpaired) electrons. The first-order valence-electron chi connectivity index (χ1n) is 10.6. The fourth-order valence-electron chi connectivity index (χ4n) is 3.25. The topological polar surface area (TPSA) is 86.8 Å². The van der Waals surface area contributed by atoms with Crippen molar-refractivity contribution in [3.63, 3.8) is 0 Å². The van der Waals surface area contributed by atoms with Crippen molar-refractivity contribution >= 4 is 62.3 Å². The molecule has 186 valence electrons. The fraction of sp³-hybridized carbons (Fsp3) is 0.391. The lowest BCUT2D eigenvalue weighted by molar-refractivity contribution is -0.139. The highest BCUT2D eigenvalue weighted by Gasteiger charge is 2.31. The molecule has 2 aromatic carbocycles. The van der Waals surface area contributed by atoms with E-state index in [2.05, 4.69) is 5.32 Å². The van der Waals surface area contributed by atoms with Gasteiger partial charge >= 0.3 is 0 Å². The maximum Gasteiger partial charge on any atom is 0.244 e. The summed E-state index contributed by atoms with van der Waals surface area (Å²) in [4.78, 5) is 27.6. The van der Waals surface area contributed by atoms with Crippen molar-refractivity contribution in [1.29, 1.82) is 0 Å². The van der Waals surface area contributed by atoms with Gasteiger partial charge in [-0.2, -0.15) is 0 Å². The Morgan fingerprint density at radius 1 is 1.06 bits per heavy atom. The average Bonchev–Trinajstić information content (AvgIpc) is 2.76. The van der Waals surface area contributed by atoms with Gasteiger partial charge in [-0.05, 0) is 43.5 Å². The van der Waals surface area contributed by atoms with Crippen LogP contribution >= 0.6 is 34.8 Å². The van der Waals surface area contributed by atoms with Gasteiger partial charge in [-0.25, -0.2) is 8.42 Å². The number of nitrogens with one attached hydrogen (secondary N) is 1. The highest BCUT2D eigenvalue weighted by Crippen LogP contribution is 2.35. The molecule has 0 aliphatic carbocycles. The molecular formula is C23H28Cl3N3O4S. The van der Waals surface area contributed by atoms with E-state index < -0.39 is 28.5 Å². The van der Waals surface area contributed by atoms with Crippen molar-refractivity contribution in [2.75, 3.05) is 23.7 Å². The zero-order valence-corrected chi connectivity index (χ0v) is 22.5. The molecule has 1 N–H and O–H groups in total. The van der Waals surface area contributed by atoms with Crippen molar-refractivity contribution in [3.05, 3.63) is 62.6 Å². The SMILES string of the molecule is CCCNC(=O)C(C)N(Cc1ccccc1C)C(=O)CN(c1cc(Cl)c(Cl)cc1Cl)S(C)(=O)=O. The second-order valence-electron chi connectivity index (χ2n) is 7.90. The number of amides is 2. The Hall–Kier alpha value is -2.00. The lowest BCUT2D eigenvalue weighted by atomic mass is 10.1. The number of rotatable bonds is 10. The lowest BCUT2D eigenvalue weighted by Crippen LogP contribution is -2.51. The van der Waals surface area contributed by atoms with E-state index in [1.165, 1.54) is 17.0 Å². The Balaban J connectivity index is 2.46. The molecule has 2 rings (SSSR count).